The summed E-state index contributed by atoms with van der Waals surface area (Å²) in [7, 11) is 7.88. The Balaban J connectivity index is 0.000000840. The van der Waals surface area contributed by atoms with Crippen molar-refractivity contribution in [2.45, 2.75) is 25.2 Å². The Labute approximate surface area is 233 Å². The molecule has 2 atom stereocenters. The van der Waals surface area contributed by atoms with Crippen LogP contribution in [0.2, 0.25) is 0 Å². The Morgan fingerprint density at radius 2 is 1.50 bits per heavy atom. The molecule has 1 heterocycles. The molecule has 1 saturated heterocycles. The van der Waals surface area contributed by atoms with Crippen LogP contribution in [0.4, 0.5) is 0 Å². The summed E-state index contributed by atoms with van der Waals surface area (Å²) in [5.41, 5.74) is 1.65. The average Bonchev–Trinajstić information content (AvgIpc) is 2.98. The number of rotatable bonds is 11. The number of carboxylic acids is 2. The molecule has 0 aliphatic carbocycles. The molecule has 1 fully saturated rings. The molecule has 2 aromatic rings. The molecular formula is C28H37NO11. The van der Waals surface area contributed by atoms with Crippen LogP contribution in [0.3, 0.4) is 0 Å². The second-order valence-electron chi connectivity index (χ2n) is 8.90. The minimum absolute atomic E-state index is 0.361. The molecule has 0 radical (unpaired) electrons. The molecule has 0 spiro atoms. The fourth-order valence-electron chi connectivity index (χ4n) is 4.54. The van der Waals surface area contributed by atoms with E-state index in [4.69, 9.17) is 48.2 Å². The maximum atomic E-state index is 12.6. The van der Waals surface area contributed by atoms with Gasteiger partial charge in [0.1, 0.15) is 0 Å². The molecule has 3 rings (SSSR count). The Kier molecular flexibility index (Phi) is 12.8. The van der Waals surface area contributed by atoms with Gasteiger partial charge in [-0.25, -0.2) is 9.59 Å². The third-order valence-corrected chi connectivity index (χ3v) is 6.48. The SMILES string of the molecule is COc1ccc(C2CCC[NH+](CCCOC(=O)c3cc(OC)c(OC)c(OC)c3)C2)cc1OC.O=C([O-])C(=O)O. The van der Waals surface area contributed by atoms with Gasteiger partial charge in [0, 0.05) is 12.3 Å². The molecule has 2 unspecified atom stereocenters. The number of benzene rings is 2. The molecule has 12 nitrogen and oxygen atoms in total. The van der Waals surface area contributed by atoms with Crippen LogP contribution < -0.4 is 33.7 Å². The first-order valence-electron chi connectivity index (χ1n) is 12.7. The highest BCUT2D eigenvalue weighted by Gasteiger charge is 2.25. The molecule has 1 aliphatic rings. The van der Waals surface area contributed by atoms with Crippen molar-refractivity contribution in [3.05, 3.63) is 41.5 Å². The van der Waals surface area contributed by atoms with Crippen LogP contribution in [0, 0.1) is 0 Å². The Morgan fingerprint density at radius 1 is 0.900 bits per heavy atom. The molecule has 0 amide bonds. The summed E-state index contributed by atoms with van der Waals surface area (Å²) in [6.07, 6.45) is 3.12. The van der Waals surface area contributed by atoms with Gasteiger partial charge in [0.15, 0.2) is 29.0 Å². The maximum Gasteiger partial charge on any atom is 0.351 e. The number of carbonyl (C=O) groups is 3. The minimum atomic E-state index is -2.07. The van der Waals surface area contributed by atoms with Crippen molar-refractivity contribution in [1.82, 2.24) is 0 Å². The van der Waals surface area contributed by atoms with E-state index >= 15 is 0 Å². The maximum absolute atomic E-state index is 12.6. The molecule has 0 saturated carbocycles. The zero-order valence-corrected chi connectivity index (χ0v) is 23.4. The summed E-state index contributed by atoms with van der Waals surface area (Å²) < 4.78 is 32.3. The number of nitrogens with one attached hydrogen (secondary N) is 1. The van der Waals surface area contributed by atoms with Gasteiger partial charge in [-0.2, -0.15) is 0 Å². The zero-order valence-electron chi connectivity index (χ0n) is 23.4. The number of methoxy groups -OCH3 is 5. The first-order chi connectivity index (χ1) is 19.2. The summed E-state index contributed by atoms with van der Waals surface area (Å²) in [6, 6.07) is 9.41. The predicted molar refractivity (Wildman–Crippen MR) is 141 cm³/mol. The van der Waals surface area contributed by atoms with Crippen molar-refractivity contribution in [2.75, 3.05) is 61.8 Å². The number of carboxylic acid groups (broad SMARTS) is 2. The Bertz CT molecular complexity index is 1110. The summed E-state index contributed by atoms with van der Waals surface area (Å²) >= 11 is 0. The van der Waals surface area contributed by atoms with E-state index in [0.29, 0.717) is 35.3 Å². The van der Waals surface area contributed by atoms with E-state index < -0.39 is 17.9 Å². The van der Waals surface area contributed by atoms with Crippen LogP contribution in [0.25, 0.3) is 0 Å². The molecular weight excluding hydrogens is 526 g/mol. The van der Waals surface area contributed by atoms with E-state index in [-0.39, 0.29) is 0 Å². The fraction of sp³-hybridized carbons (Fsp3) is 0.464. The Morgan fingerprint density at radius 3 is 2.02 bits per heavy atom. The lowest BCUT2D eigenvalue weighted by atomic mass is 9.90. The Hall–Kier alpha value is -4.19. The zero-order chi connectivity index (χ0) is 29.7. The van der Waals surface area contributed by atoms with Crippen LogP contribution >= 0.6 is 0 Å². The predicted octanol–water partition coefficient (Wildman–Crippen LogP) is 0.560. The first-order valence-corrected chi connectivity index (χ1v) is 12.7. The van der Waals surface area contributed by atoms with Crippen LogP contribution in [0.1, 0.15) is 41.1 Å². The van der Waals surface area contributed by atoms with Gasteiger partial charge in [-0.05, 0) is 42.7 Å². The number of ether oxygens (including phenoxy) is 6. The van der Waals surface area contributed by atoms with E-state index in [1.54, 1.807) is 26.4 Å². The molecule has 2 N–H and O–H groups in total. The average molecular weight is 564 g/mol. The van der Waals surface area contributed by atoms with Crippen molar-refractivity contribution in [2.24, 2.45) is 0 Å². The highest BCUT2D eigenvalue weighted by Crippen LogP contribution is 2.38. The molecule has 220 valence electrons. The van der Waals surface area contributed by atoms with Crippen molar-refractivity contribution in [3.63, 3.8) is 0 Å². The summed E-state index contributed by atoms with van der Waals surface area (Å²) in [5, 5.41) is 16.3. The number of carbonyl (C=O) groups excluding carboxylic acids is 2. The smallest absolute Gasteiger partial charge is 0.351 e. The van der Waals surface area contributed by atoms with E-state index in [9.17, 15) is 4.79 Å². The van der Waals surface area contributed by atoms with Crippen molar-refractivity contribution >= 4 is 17.9 Å². The van der Waals surface area contributed by atoms with Crippen LogP contribution in [0.5, 0.6) is 28.7 Å². The number of esters is 1. The lowest BCUT2D eigenvalue weighted by molar-refractivity contribution is -0.906. The number of quaternary nitrogens is 1. The van der Waals surface area contributed by atoms with E-state index in [1.807, 2.05) is 6.07 Å². The summed E-state index contributed by atoms with van der Waals surface area (Å²) in [5.74, 6) is -1.13. The lowest BCUT2D eigenvalue weighted by Gasteiger charge is -2.30. The van der Waals surface area contributed by atoms with Gasteiger partial charge in [-0.15, -0.1) is 0 Å². The molecule has 40 heavy (non-hydrogen) atoms. The lowest BCUT2D eigenvalue weighted by Crippen LogP contribution is -3.13. The van der Waals surface area contributed by atoms with Gasteiger partial charge in [0.2, 0.25) is 5.75 Å². The first kappa shape index (κ1) is 32.0. The van der Waals surface area contributed by atoms with Gasteiger partial charge in [-0.3, -0.25) is 0 Å². The second-order valence-corrected chi connectivity index (χ2v) is 8.90. The minimum Gasteiger partial charge on any atom is -0.539 e. The second kappa shape index (κ2) is 16.0. The van der Waals surface area contributed by atoms with Crippen LogP contribution in [-0.2, 0) is 14.3 Å². The molecule has 2 aromatic carbocycles. The van der Waals surface area contributed by atoms with Crippen LogP contribution in [-0.4, -0.2) is 84.8 Å². The molecule has 0 bridgehead atoms. The molecule has 12 heteroatoms. The van der Waals surface area contributed by atoms with Crippen molar-refractivity contribution < 1.29 is 57.9 Å². The largest absolute Gasteiger partial charge is 0.539 e. The summed E-state index contributed by atoms with van der Waals surface area (Å²) in [4.78, 5) is 32.1. The third-order valence-electron chi connectivity index (χ3n) is 6.48. The highest BCUT2D eigenvalue weighted by atomic mass is 16.5. The van der Waals surface area contributed by atoms with Gasteiger partial charge in [-0.1, -0.05) is 6.07 Å². The van der Waals surface area contributed by atoms with Crippen LogP contribution in [0.15, 0.2) is 30.3 Å². The molecule has 0 aromatic heterocycles. The fourth-order valence-corrected chi connectivity index (χ4v) is 4.54. The van der Waals surface area contributed by atoms with E-state index in [2.05, 4.69) is 12.1 Å². The van der Waals surface area contributed by atoms with Gasteiger partial charge in [0.25, 0.3) is 0 Å². The number of hydrogen-bond acceptors (Lipinski definition) is 10. The number of likely N-dealkylation sites (tertiary alicyclic amines) is 1. The summed E-state index contributed by atoms with van der Waals surface area (Å²) in [6.45, 7) is 3.49. The molecule has 1 aliphatic heterocycles. The van der Waals surface area contributed by atoms with Crippen molar-refractivity contribution in [3.8, 4) is 28.7 Å². The quantitative estimate of drug-likeness (QED) is 0.224. The number of piperidine rings is 1. The van der Waals surface area contributed by atoms with E-state index in [0.717, 1.165) is 44.0 Å². The number of hydrogen-bond donors (Lipinski definition) is 2. The van der Waals surface area contributed by atoms with E-state index in [1.165, 1.54) is 38.2 Å². The highest BCUT2D eigenvalue weighted by molar-refractivity contribution is 6.26. The van der Waals surface area contributed by atoms with Gasteiger partial charge >= 0.3 is 11.9 Å². The standard InChI is InChI=1S/C26H35NO7.C2H2O4/c1-29-21-10-9-18(14-22(21)30-2)19-8-6-11-27(17-19)12-7-13-34-26(28)20-15-23(31-3)25(33-5)24(16-20)32-4;3-1(4)2(5)6/h9-10,14-16,19H,6-8,11-13,17H2,1-5H3;(H,3,4)(H,5,6). The monoisotopic (exact) mass is 563 g/mol. The number of aliphatic carboxylic acids is 2. The van der Waals surface area contributed by atoms with Gasteiger partial charge in [0.05, 0.1) is 67.4 Å². The van der Waals surface area contributed by atoms with Crippen molar-refractivity contribution in [1.29, 1.82) is 0 Å². The topological polar surface area (TPSA) is 154 Å². The normalized spacial score (nSPS) is 16.0. The van der Waals surface area contributed by atoms with Gasteiger partial charge < -0.3 is 48.3 Å². The third kappa shape index (κ3) is 8.94.